The zero-order valence-corrected chi connectivity index (χ0v) is 15.0. The Morgan fingerprint density at radius 2 is 2.05 bits per heavy atom. The number of aryl methyl sites for hydroxylation is 2. The highest BCUT2D eigenvalue weighted by Crippen LogP contribution is 2.30. The van der Waals surface area contributed by atoms with Crippen molar-refractivity contribution in [2.45, 2.75) is 62.4 Å². The summed E-state index contributed by atoms with van der Waals surface area (Å²) in [4.78, 5) is 5.73. The molecule has 0 aliphatic rings. The van der Waals surface area contributed by atoms with Crippen LogP contribution in [-0.2, 0) is 13.0 Å². The van der Waals surface area contributed by atoms with Crippen molar-refractivity contribution in [2.75, 3.05) is 0 Å². The molecule has 0 saturated heterocycles. The van der Waals surface area contributed by atoms with Gasteiger partial charge in [-0.15, -0.1) is 0 Å². The van der Waals surface area contributed by atoms with Crippen LogP contribution in [0.5, 0.6) is 0 Å². The Labute approximate surface area is 135 Å². The molecule has 0 spiro atoms. The molecule has 21 heavy (non-hydrogen) atoms. The summed E-state index contributed by atoms with van der Waals surface area (Å²) < 4.78 is 5.35. The first-order chi connectivity index (χ1) is 9.87. The minimum atomic E-state index is 0.142. The number of aromatic nitrogens is 2. The topological polar surface area (TPSA) is 37.8 Å². The zero-order chi connectivity index (χ0) is 15.5. The fraction of sp³-hybridized carbons (Fsp3) is 0.500. The SMILES string of the molecule is CCc1nsc(Sc2ccc(CNC(C)(C)C)c(C)c2)n1. The van der Waals surface area contributed by atoms with Gasteiger partial charge >= 0.3 is 0 Å². The van der Waals surface area contributed by atoms with Crippen LogP contribution in [0.15, 0.2) is 27.4 Å². The quantitative estimate of drug-likeness (QED) is 0.883. The van der Waals surface area contributed by atoms with Gasteiger partial charge in [-0.2, -0.15) is 4.37 Å². The first kappa shape index (κ1) is 16.5. The van der Waals surface area contributed by atoms with E-state index in [-0.39, 0.29) is 5.54 Å². The van der Waals surface area contributed by atoms with Crippen LogP contribution in [0, 0.1) is 6.92 Å². The van der Waals surface area contributed by atoms with Crippen molar-refractivity contribution in [1.82, 2.24) is 14.7 Å². The number of benzene rings is 1. The van der Waals surface area contributed by atoms with Gasteiger partial charge < -0.3 is 5.32 Å². The number of hydrogen-bond acceptors (Lipinski definition) is 5. The second-order valence-corrected chi connectivity index (χ2v) is 8.20. The van der Waals surface area contributed by atoms with E-state index in [9.17, 15) is 0 Å². The molecule has 1 aromatic carbocycles. The van der Waals surface area contributed by atoms with Gasteiger partial charge in [0.25, 0.3) is 0 Å². The van der Waals surface area contributed by atoms with Crippen molar-refractivity contribution in [2.24, 2.45) is 0 Å². The Kier molecular flexibility index (Phi) is 5.41. The highest BCUT2D eigenvalue weighted by atomic mass is 32.2. The van der Waals surface area contributed by atoms with Crippen LogP contribution >= 0.6 is 23.3 Å². The molecule has 1 aromatic heterocycles. The van der Waals surface area contributed by atoms with Gasteiger partial charge in [-0.25, -0.2) is 4.98 Å². The Balaban J connectivity index is 2.04. The van der Waals surface area contributed by atoms with Crippen molar-refractivity contribution in [3.63, 3.8) is 0 Å². The van der Waals surface area contributed by atoms with Gasteiger partial charge in [0, 0.05) is 23.4 Å². The van der Waals surface area contributed by atoms with E-state index in [0.29, 0.717) is 0 Å². The molecule has 0 bridgehead atoms. The fourth-order valence-electron chi connectivity index (χ4n) is 1.81. The first-order valence-corrected chi connectivity index (χ1v) is 8.81. The average Bonchev–Trinajstić information content (AvgIpc) is 2.84. The van der Waals surface area contributed by atoms with E-state index >= 15 is 0 Å². The lowest BCUT2D eigenvalue weighted by Crippen LogP contribution is -2.35. The number of nitrogens with zero attached hydrogens (tertiary/aromatic N) is 2. The Bertz CT molecular complexity index is 600. The van der Waals surface area contributed by atoms with Crippen LogP contribution in [0.25, 0.3) is 0 Å². The van der Waals surface area contributed by atoms with Crippen molar-refractivity contribution < 1.29 is 0 Å². The Morgan fingerprint density at radius 3 is 2.62 bits per heavy atom. The average molecular weight is 322 g/mol. The van der Waals surface area contributed by atoms with Crippen LogP contribution in [0.4, 0.5) is 0 Å². The summed E-state index contributed by atoms with van der Waals surface area (Å²) in [6, 6.07) is 6.61. The van der Waals surface area contributed by atoms with Crippen LogP contribution in [0.3, 0.4) is 0 Å². The third kappa shape index (κ3) is 5.09. The molecule has 0 atom stereocenters. The molecule has 2 aromatic rings. The molecule has 0 radical (unpaired) electrons. The monoisotopic (exact) mass is 321 g/mol. The first-order valence-electron chi connectivity index (χ1n) is 7.22. The molecule has 0 aliphatic heterocycles. The van der Waals surface area contributed by atoms with Crippen LogP contribution in [0.1, 0.15) is 44.6 Å². The van der Waals surface area contributed by atoms with E-state index in [2.05, 4.69) is 67.5 Å². The lowest BCUT2D eigenvalue weighted by atomic mass is 10.1. The van der Waals surface area contributed by atoms with E-state index in [1.807, 2.05) is 0 Å². The summed E-state index contributed by atoms with van der Waals surface area (Å²) in [5.41, 5.74) is 2.81. The van der Waals surface area contributed by atoms with Gasteiger partial charge in [-0.05, 0) is 62.5 Å². The second-order valence-electron chi connectivity index (χ2n) is 6.12. The summed E-state index contributed by atoms with van der Waals surface area (Å²) in [5.74, 6) is 0.935. The standard InChI is InChI=1S/C16H23N3S2/c1-6-14-18-15(21-19-14)20-13-8-7-12(11(2)9-13)10-17-16(3,4)5/h7-9,17H,6,10H2,1-5H3. The van der Waals surface area contributed by atoms with Gasteiger partial charge in [0.15, 0.2) is 4.34 Å². The maximum absolute atomic E-state index is 4.50. The van der Waals surface area contributed by atoms with E-state index < -0.39 is 0 Å². The molecule has 5 heteroatoms. The van der Waals surface area contributed by atoms with Crippen LogP contribution in [0.2, 0.25) is 0 Å². The fourth-order valence-corrected chi connectivity index (χ4v) is 3.59. The summed E-state index contributed by atoms with van der Waals surface area (Å²) in [6.45, 7) is 11.7. The second kappa shape index (κ2) is 6.90. The van der Waals surface area contributed by atoms with E-state index in [1.165, 1.54) is 27.6 Å². The van der Waals surface area contributed by atoms with Crippen molar-refractivity contribution >= 4 is 23.3 Å². The molecule has 0 amide bonds. The predicted octanol–water partition coefficient (Wildman–Crippen LogP) is 4.45. The lowest BCUT2D eigenvalue weighted by Gasteiger charge is -2.21. The number of hydrogen-bond donors (Lipinski definition) is 1. The molecule has 2 rings (SSSR count). The highest BCUT2D eigenvalue weighted by Gasteiger charge is 2.10. The molecule has 1 heterocycles. The van der Waals surface area contributed by atoms with Crippen molar-refractivity contribution in [3.8, 4) is 0 Å². The predicted molar refractivity (Wildman–Crippen MR) is 91.2 cm³/mol. The third-order valence-corrected chi connectivity index (χ3v) is 4.87. The lowest BCUT2D eigenvalue weighted by molar-refractivity contribution is 0.424. The van der Waals surface area contributed by atoms with Gasteiger partial charge in [0.1, 0.15) is 5.82 Å². The van der Waals surface area contributed by atoms with Crippen LogP contribution in [-0.4, -0.2) is 14.9 Å². The molecule has 0 aliphatic carbocycles. The van der Waals surface area contributed by atoms with Crippen molar-refractivity contribution in [1.29, 1.82) is 0 Å². The van der Waals surface area contributed by atoms with Gasteiger partial charge in [0.05, 0.1) is 0 Å². The molecule has 0 saturated carbocycles. The summed E-state index contributed by atoms with van der Waals surface area (Å²) in [6.07, 6.45) is 0.896. The minimum absolute atomic E-state index is 0.142. The smallest absolute Gasteiger partial charge is 0.174 e. The van der Waals surface area contributed by atoms with Crippen LogP contribution < -0.4 is 5.32 Å². The van der Waals surface area contributed by atoms with Crippen molar-refractivity contribution in [3.05, 3.63) is 35.2 Å². The number of nitrogens with one attached hydrogen (secondary N) is 1. The summed E-state index contributed by atoms with van der Waals surface area (Å²) >= 11 is 3.18. The van der Waals surface area contributed by atoms with E-state index in [1.54, 1.807) is 11.8 Å². The molecule has 1 N–H and O–H groups in total. The normalized spacial score (nSPS) is 11.9. The van der Waals surface area contributed by atoms with Gasteiger partial charge in [-0.3, -0.25) is 0 Å². The highest BCUT2D eigenvalue weighted by molar-refractivity contribution is 8.01. The maximum Gasteiger partial charge on any atom is 0.174 e. The molecular formula is C16H23N3S2. The zero-order valence-electron chi connectivity index (χ0n) is 13.4. The number of rotatable bonds is 5. The minimum Gasteiger partial charge on any atom is -0.308 e. The van der Waals surface area contributed by atoms with E-state index in [0.717, 1.165) is 23.1 Å². The third-order valence-electron chi connectivity index (χ3n) is 3.09. The van der Waals surface area contributed by atoms with E-state index in [4.69, 9.17) is 0 Å². The Morgan fingerprint density at radius 1 is 1.29 bits per heavy atom. The summed E-state index contributed by atoms with van der Waals surface area (Å²) in [5, 5.41) is 3.53. The Hall–Kier alpha value is -0.910. The van der Waals surface area contributed by atoms with Gasteiger partial charge in [0.2, 0.25) is 0 Å². The molecule has 0 fully saturated rings. The summed E-state index contributed by atoms with van der Waals surface area (Å²) in [7, 11) is 0. The molecule has 3 nitrogen and oxygen atoms in total. The maximum atomic E-state index is 4.50. The molecule has 0 unspecified atom stereocenters. The molecule has 114 valence electrons. The van der Waals surface area contributed by atoms with Gasteiger partial charge in [-0.1, -0.05) is 24.8 Å². The molecular weight excluding hydrogens is 298 g/mol. The largest absolute Gasteiger partial charge is 0.308 e.